The van der Waals surface area contributed by atoms with Crippen molar-refractivity contribution in [1.29, 1.82) is 0 Å². The first-order valence-electron chi connectivity index (χ1n) is 6.86. The van der Waals surface area contributed by atoms with Crippen LogP contribution in [-0.2, 0) is 0 Å². The lowest BCUT2D eigenvalue weighted by atomic mass is 10.1. The lowest BCUT2D eigenvalue weighted by molar-refractivity contribution is 0.102. The molecule has 3 rings (SSSR count). The summed E-state index contributed by atoms with van der Waals surface area (Å²) in [5.74, 6) is -0.619. The molecule has 6 heteroatoms. The van der Waals surface area contributed by atoms with Crippen LogP contribution in [-0.4, -0.2) is 16.0 Å². The number of pyridine rings is 1. The molecule has 2 aromatic heterocycles. The maximum atomic E-state index is 13.0. The predicted molar refractivity (Wildman–Crippen MR) is 88.3 cm³/mol. The van der Waals surface area contributed by atoms with Crippen molar-refractivity contribution in [3.63, 3.8) is 0 Å². The van der Waals surface area contributed by atoms with Crippen molar-refractivity contribution < 1.29 is 14.3 Å². The lowest BCUT2D eigenvalue weighted by Gasteiger charge is -2.03. The van der Waals surface area contributed by atoms with Gasteiger partial charge < -0.3 is 10.4 Å². The molecule has 1 amide bonds. The van der Waals surface area contributed by atoms with Gasteiger partial charge in [0.05, 0.1) is 4.88 Å². The molecule has 0 radical (unpaired) electrons. The summed E-state index contributed by atoms with van der Waals surface area (Å²) in [5.41, 5.74) is 1.78. The molecule has 0 saturated heterocycles. The zero-order chi connectivity index (χ0) is 16.4. The molecule has 0 saturated carbocycles. The first-order chi connectivity index (χ1) is 11.0. The first kappa shape index (κ1) is 15.2. The summed E-state index contributed by atoms with van der Waals surface area (Å²) in [5, 5.41) is 12.2. The van der Waals surface area contributed by atoms with Crippen LogP contribution in [0.2, 0.25) is 0 Å². The molecule has 4 nitrogen and oxygen atoms in total. The third-order valence-electron chi connectivity index (χ3n) is 3.27. The summed E-state index contributed by atoms with van der Waals surface area (Å²) < 4.78 is 13.0. The standard InChI is InChI=1S/C17H13FN2O2S/c1-10-9-14(17(22)20-16-13(21)3-2-8-19-16)23-15(10)11-4-6-12(18)7-5-11/h2-9,21H,1H3,(H,19,20,22). The Hall–Kier alpha value is -2.73. The Labute approximate surface area is 136 Å². The summed E-state index contributed by atoms with van der Waals surface area (Å²) in [4.78, 5) is 17.6. The van der Waals surface area contributed by atoms with Gasteiger partial charge in [-0.15, -0.1) is 11.3 Å². The predicted octanol–water partition coefficient (Wildman–Crippen LogP) is 4.22. The molecule has 0 aliphatic rings. The minimum atomic E-state index is -0.347. The van der Waals surface area contributed by atoms with E-state index in [1.54, 1.807) is 24.3 Å². The van der Waals surface area contributed by atoms with Crippen molar-refractivity contribution in [2.75, 3.05) is 5.32 Å². The van der Waals surface area contributed by atoms with E-state index in [1.165, 1.54) is 35.7 Å². The van der Waals surface area contributed by atoms with Crippen molar-refractivity contribution in [3.8, 4) is 16.2 Å². The van der Waals surface area contributed by atoms with Crippen molar-refractivity contribution >= 4 is 23.1 Å². The van der Waals surface area contributed by atoms with Crippen molar-refractivity contribution in [2.24, 2.45) is 0 Å². The van der Waals surface area contributed by atoms with Gasteiger partial charge in [-0.05, 0) is 48.4 Å². The summed E-state index contributed by atoms with van der Waals surface area (Å²) >= 11 is 1.31. The van der Waals surface area contributed by atoms with Gasteiger partial charge in [0, 0.05) is 11.1 Å². The average Bonchev–Trinajstić information content (AvgIpc) is 2.92. The summed E-state index contributed by atoms with van der Waals surface area (Å²) in [6.07, 6.45) is 1.49. The number of aromatic hydroxyl groups is 1. The van der Waals surface area contributed by atoms with Crippen LogP contribution in [0, 0.1) is 12.7 Å². The quantitative estimate of drug-likeness (QED) is 0.757. The van der Waals surface area contributed by atoms with Crippen molar-refractivity contribution in [3.05, 3.63) is 64.9 Å². The Balaban J connectivity index is 1.87. The SMILES string of the molecule is Cc1cc(C(=O)Nc2ncccc2O)sc1-c1ccc(F)cc1. The monoisotopic (exact) mass is 328 g/mol. The first-order valence-corrected chi connectivity index (χ1v) is 7.68. The number of halogens is 1. The van der Waals surface area contributed by atoms with Crippen LogP contribution in [0.25, 0.3) is 10.4 Å². The third kappa shape index (κ3) is 3.22. The molecule has 0 unspecified atom stereocenters. The number of hydrogen-bond acceptors (Lipinski definition) is 4. The van der Waals surface area contributed by atoms with E-state index in [-0.39, 0.29) is 23.3 Å². The number of nitrogens with one attached hydrogen (secondary N) is 1. The van der Waals surface area contributed by atoms with Crippen LogP contribution in [0.15, 0.2) is 48.7 Å². The molecular formula is C17H13FN2O2S. The largest absolute Gasteiger partial charge is 0.504 e. The van der Waals surface area contributed by atoms with Gasteiger partial charge in [0.25, 0.3) is 5.91 Å². The minimum absolute atomic E-state index is 0.0899. The Kier molecular flexibility index (Phi) is 4.08. The second-order valence-corrected chi connectivity index (χ2v) is 6.01. The summed E-state index contributed by atoms with van der Waals surface area (Å²) in [6, 6.07) is 10.9. The smallest absolute Gasteiger partial charge is 0.267 e. The van der Waals surface area contributed by atoms with Crippen LogP contribution in [0.3, 0.4) is 0 Å². The third-order valence-corrected chi connectivity index (χ3v) is 4.55. The number of nitrogens with zero attached hydrogens (tertiary/aromatic N) is 1. The van der Waals surface area contributed by atoms with Gasteiger partial charge in [-0.3, -0.25) is 4.79 Å². The molecule has 1 aromatic carbocycles. The Bertz CT molecular complexity index is 859. The maximum absolute atomic E-state index is 13.0. The fourth-order valence-corrected chi connectivity index (χ4v) is 3.22. The van der Waals surface area contributed by atoms with Gasteiger partial charge in [-0.2, -0.15) is 0 Å². The molecule has 0 atom stereocenters. The minimum Gasteiger partial charge on any atom is -0.504 e. The molecule has 0 fully saturated rings. The van der Waals surface area contributed by atoms with E-state index >= 15 is 0 Å². The number of aromatic nitrogens is 1. The molecule has 116 valence electrons. The number of benzene rings is 1. The van der Waals surface area contributed by atoms with E-state index in [4.69, 9.17) is 0 Å². The number of anilines is 1. The molecule has 0 aliphatic carbocycles. The fourth-order valence-electron chi connectivity index (χ4n) is 2.14. The van der Waals surface area contributed by atoms with E-state index < -0.39 is 0 Å². The van der Waals surface area contributed by atoms with E-state index in [0.29, 0.717) is 4.88 Å². The van der Waals surface area contributed by atoms with Gasteiger partial charge in [-0.25, -0.2) is 9.37 Å². The molecule has 2 heterocycles. The number of carbonyl (C=O) groups is 1. The van der Waals surface area contributed by atoms with Crippen LogP contribution in [0.4, 0.5) is 10.2 Å². The molecule has 2 N–H and O–H groups in total. The molecule has 0 spiro atoms. The van der Waals surface area contributed by atoms with Crippen LogP contribution >= 0.6 is 11.3 Å². The topological polar surface area (TPSA) is 62.2 Å². The van der Waals surface area contributed by atoms with Crippen molar-refractivity contribution in [1.82, 2.24) is 4.98 Å². The highest BCUT2D eigenvalue weighted by molar-refractivity contribution is 7.17. The van der Waals surface area contributed by atoms with Gasteiger partial charge in [0.15, 0.2) is 11.6 Å². The Morgan fingerprint density at radius 1 is 1.26 bits per heavy atom. The van der Waals surface area contributed by atoms with Gasteiger partial charge in [0.1, 0.15) is 5.82 Å². The number of carbonyl (C=O) groups excluding carboxylic acids is 1. The normalized spacial score (nSPS) is 10.5. The molecular weight excluding hydrogens is 315 g/mol. The number of thiophene rings is 1. The maximum Gasteiger partial charge on any atom is 0.267 e. The number of rotatable bonds is 3. The van der Waals surface area contributed by atoms with Crippen molar-refractivity contribution in [2.45, 2.75) is 6.92 Å². The van der Waals surface area contributed by atoms with Gasteiger partial charge in [0.2, 0.25) is 0 Å². The molecule has 3 aromatic rings. The average molecular weight is 328 g/mol. The lowest BCUT2D eigenvalue weighted by Crippen LogP contribution is -2.11. The van der Waals surface area contributed by atoms with E-state index in [2.05, 4.69) is 10.3 Å². The highest BCUT2D eigenvalue weighted by Gasteiger charge is 2.15. The molecule has 0 aliphatic heterocycles. The van der Waals surface area contributed by atoms with Crippen LogP contribution < -0.4 is 5.32 Å². The van der Waals surface area contributed by atoms with E-state index in [1.807, 2.05) is 6.92 Å². The summed E-state index contributed by atoms with van der Waals surface area (Å²) in [6.45, 7) is 1.89. The fraction of sp³-hybridized carbons (Fsp3) is 0.0588. The zero-order valence-electron chi connectivity index (χ0n) is 12.2. The van der Waals surface area contributed by atoms with Crippen LogP contribution in [0.1, 0.15) is 15.2 Å². The Morgan fingerprint density at radius 2 is 2.00 bits per heavy atom. The Morgan fingerprint density at radius 3 is 2.70 bits per heavy atom. The van der Waals surface area contributed by atoms with Crippen LogP contribution in [0.5, 0.6) is 5.75 Å². The molecule has 0 bridgehead atoms. The number of hydrogen-bond donors (Lipinski definition) is 2. The zero-order valence-corrected chi connectivity index (χ0v) is 13.0. The van der Waals surface area contributed by atoms with Gasteiger partial charge in [-0.1, -0.05) is 12.1 Å². The highest BCUT2D eigenvalue weighted by atomic mass is 32.1. The second kappa shape index (κ2) is 6.18. The van der Waals surface area contributed by atoms with E-state index in [9.17, 15) is 14.3 Å². The number of aryl methyl sites for hydroxylation is 1. The van der Waals surface area contributed by atoms with Gasteiger partial charge >= 0.3 is 0 Å². The van der Waals surface area contributed by atoms with E-state index in [0.717, 1.165) is 16.0 Å². The number of amides is 1. The highest BCUT2D eigenvalue weighted by Crippen LogP contribution is 2.33. The second-order valence-electron chi connectivity index (χ2n) is 4.95. The molecule has 23 heavy (non-hydrogen) atoms. The summed E-state index contributed by atoms with van der Waals surface area (Å²) in [7, 11) is 0.